The van der Waals surface area contributed by atoms with E-state index >= 15 is 0 Å². The second-order valence-electron chi connectivity index (χ2n) is 4.28. The molecule has 0 aliphatic rings. The lowest BCUT2D eigenvalue weighted by Gasteiger charge is -2.19. The van der Waals surface area contributed by atoms with E-state index in [-0.39, 0.29) is 11.9 Å². The minimum atomic E-state index is -0.107. The molecule has 0 spiro atoms. The van der Waals surface area contributed by atoms with Crippen molar-refractivity contribution in [2.45, 2.75) is 26.8 Å². The minimum absolute atomic E-state index is 0.00577. The highest BCUT2D eigenvalue weighted by atomic mass is 35.5. The summed E-state index contributed by atoms with van der Waals surface area (Å²) in [7, 11) is 1.80. The number of aryl methyl sites for hydroxylation is 2. The van der Waals surface area contributed by atoms with Gasteiger partial charge in [-0.3, -0.25) is 9.48 Å². The van der Waals surface area contributed by atoms with Crippen LogP contribution >= 0.6 is 11.6 Å². The van der Waals surface area contributed by atoms with Crippen LogP contribution in [0.3, 0.4) is 0 Å². The van der Waals surface area contributed by atoms with Crippen molar-refractivity contribution >= 4 is 17.5 Å². The summed E-state index contributed by atoms with van der Waals surface area (Å²) in [4.78, 5) is 11.9. The Balaban J connectivity index is 2.75. The summed E-state index contributed by atoms with van der Waals surface area (Å²) in [6, 6.07) is -0.00577. The zero-order valence-corrected chi connectivity index (χ0v) is 10.9. The fraction of sp³-hybridized carbons (Fsp3) is 0.636. The van der Waals surface area contributed by atoms with Crippen LogP contribution in [-0.4, -0.2) is 27.6 Å². The number of hydrogen-bond donors (Lipinski definition) is 1. The fourth-order valence-electron chi connectivity index (χ4n) is 1.45. The van der Waals surface area contributed by atoms with Gasteiger partial charge >= 0.3 is 0 Å². The lowest BCUT2D eigenvalue weighted by molar-refractivity contribution is 0.0930. The molecule has 1 aromatic heterocycles. The zero-order valence-electron chi connectivity index (χ0n) is 10.1. The average Bonchev–Trinajstić information content (AvgIpc) is 2.53. The van der Waals surface area contributed by atoms with Crippen LogP contribution in [0.1, 0.15) is 29.9 Å². The summed E-state index contributed by atoms with van der Waals surface area (Å²) in [6.45, 7) is 5.88. The van der Waals surface area contributed by atoms with Crippen molar-refractivity contribution in [3.8, 4) is 0 Å². The molecule has 90 valence electrons. The lowest BCUT2D eigenvalue weighted by Crippen LogP contribution is -2.40. The first kappa shape index (κ1) is 13.0. The molecule has 1 heterocycles. The number of amides is 1. The first-order chi connectivity index (χ1) is 7.45. The summed E-state index contributed by atoms with van der Waals surface area (Å²) in [5.41, 5.74) is 1.34. The summed E-state index contributed by atoms with van der Waals surface area (Å²) < 4.78 is 1.63. The molecular weight excluding hydrogens is 226 g/mol. The number of nitrogens with one attached hydrogen (secondary N) is 1. The predicted octanol–water partition coefficient (Wildman–Crippen LogP) is 1.72. The van der Waals surface area contributed by atoms with E-state index in [1.165, 1.54) is 0 Å². The molecule has 0 aliphatic carbocycles. The molecule has 0 fully saturated rings. The van der Waals surface area contributed by atoms with Gasteiger partial charge in [-0.2, -0.15) is 5.10 Å². The van der Waals surface area contributed by atoms with E-state index in [0.717, 1.165) is 5.69 Å². The summed E-state index contributed by atoms with van der Waals surface area (Å²) in [5.74, 6) is 0.631. The lowest BCUT2D eigenvalue weighted by atomic mass is 10.1. The highest BCUT2D eigenvalue weighted by Crippen LogP contribution is 2.08. The smallest absolute Gasteiger partial charge is 0.255 e. The van der Waals surface area contributed by atoms with Gasteiger partial charge in [-0.25, -0.2) is 0 Å². The highest BCUT2D eigenvalue weighted by molar-refractivity contribution is 6.18. The third kappa shape index (κ3) is 2.98. The Kier molecular flexibility index (Phi) is 4.35. The van der Waals surface area contributed by atoms with Crippen molar-refractivity contribution in [3.05, 3.63) is 17.5 Å². The Morgan fingerprint density at radius 1 is 1.62 bits per heavy atom. The van der Waals surface area contributed by atoms with E-state index in [1.807, 2.05) is 20.8 Å². The van der Waals surface area contributed by atoms with Gasteiger partial charge in [0.15, 0.2) is 0 Å². The van der Waals surface area contributed by atoms with E-state index in [4.69, 9.17) is 11.6 Å². The van der Waals surface area contributed by atoms with Crippen molar-refractivity contribution in [2.75, 3.05) is 5.88 Å². The minimum Gasteiger partial charge on any atom is -0.348 e. The van der Waals surface area contributed by atoms with E-state index in [2.05, 4.69) is 10.4 Å². The average molecular weight is 244 g/mol. The van der Waals surface area contributed by atoms with Crippen LogP contribution in [-0.2, 0) is 7.05 Å². The highest BCUT2D eigenvalue weighted by Gasteiger charge is 2.18. The van der Waals surface area contributed by atoms with E-state index < -0.39 is 0 Å². The largest absolute Gasteiger partial charge is 0.348 e. The SMILES string of the molecule is Cc1nn(C)cc1C(=O)NC(CCl)C(C)C. The molecule has 1 N–H and O–H groups in total. The molecule has 0 bridgehead atoms. The van der Waals surface area contributed by atoms with E-state index in [9.17, 15) is 4.79 Å². The third-order valence-corrected chi connectivity index (χ3v) is 2.88. The molecule has 16 heavy (non-hydrogen) atoms. The Labute approximate surface area is 101 Å². The fourth-order valence-corrected chi connectivity index (χ4v) is 1.89. The van der Waals surface area contributed by atoms with Gasteiger partial charge in [0.05, 0.1) is 11.3 Å². The van der Waals surface area contributed by atoms with Crippen LogP contribution < -0.4 is 5.32 Å². The van der Waals surface area contributed by atoms with Gasteiger partial charge in [-0.05, 0) is 12.8 Å². The monoisotopic (exact) mass is 243 g/mol. The van der Waals surface area contributed by atoms with Crippen molar-refractivity contribution < 1.29 is 4.79 Å². The maximum absolute atomic E-state index is 11.9. The molecule has 0 saturated heterocycles. The van der Waals surface area contributed by atoms with Gasteiger partial charge in [0, 0.05) is 25.2 Å². The van der Waals surface area contributed by atoms with Gasteiger partial charge in [-0.1, -0.05) is 13.8 Å². The quantitative estimate of drug-likeness (QED) is 0.819. The molecule has 0 radical (unpaired) electrons. The number of carbonyl (C=O) groups is 1. The summed E-state index contributed by atoms with van der Waals surface area (Å²) in [6.07, 6.45) is 1.72. The van der Waals surface area contributed by atoms with Crippen LogP contribution in [0, 0.1) is 12.8 Å². The third-order valence-electron chi connectivity index (χ3n) is 2.55. The Morgan fingerprint density at radius 3 is 2.62 bits per heavy atom. The number of alkyl halides is 1. The van der Waals surface area contributed by atoms with Gasteiger partial charge in [0.25, 0.3) is 5.91 Å². The molecule has 5 heteroatoms. The molecule has 0 aromatic carbocycles. The molecule has 0 saturated carbocycles. The van der Waals surface area contributed by atoms with Gasteiger partial charge in [-0.15, -0.1) is 11.6 Å². The van der Waals surface area contributed by atoms with Crippen LogP contribution in [0.4, 0.5) is 0 Å². The number of halogens is 1. The number of aromatic nitrogens is 2. The van der Waals surface area contributed by atoms with Crippen molar-refractivity contribution in [1.82, 2.24) is 15.1 Å². The number of hydrogen-bond acceptors (Lipinski definition) is 2. The standard InChI is InChI=1S/C11H18ClN3O/c1-7(2)10(5-12)13-11(16)9-6-15(4)14-8(9)3/h6-7,10H,5H2,1-4H3,(H,13,16). The number of carbonyl (C=O) groups excluding carboxylic acids is 1. The zero-order chi connectivity index (χ0) is 12.3. The molecule has 4 nitrogen and oxygen atoms in total. The van der Waals surface area contributed by atoms with Gasteiger partial charge in [0.1, 0.15) is 0 Å². The summed E-state index contributed by atoms with van der Waals surface area (Å²) in [5, 5.41) is 7.05. The maximum Gasteiger partial charge on any atom is 0.255 e. The van der Waals surface area contributed by atoms with Crippen molar-refractivity contribution in [3.63, 3.8) is 0 Å². The first-order valence-corrected chi connectivity index (χ1v) is 5.86. The van der Waals surface area contributed by atoms with Gasteiger partial charge < -0.3 is 5.32 Å². The predicted molar refractivity (Wildman–Crippen MR) is 64.8 cm³/mol. The Morgan fingerprint density at radius 2 is 2.25 bits per heavy atom. The van der Waals surface area contributed by atoms with Crippen LogP contribution in [0.15, 0.2) is 6.20 Å². The Hall–Kier alpha value is -1.03. The molecular formula is C11H18ClN3O. The normalized spacial score (nSPS) is 12.9. The first-order valence-electron chi connectivity index (χ1n) is 5.32. The van der Waals surface area contributed by atoms with E-state index in [1.54, 1.807) is 17.9 Å². The van der Waals surface area contributed by atoms with Crippen molar-refractivity contribution in [1.29, 1.82) is 0 Å². The topological polar surface area (TPSA) is 46.9 Å². The molecule has 1 aromatic rings. The Bertz CT molecular complexity index is 373. The molecule has 1 atom stereocenters. The van der Waals surface area contributed by atoms with Crippen molar-refractivity contribution in [2.24, 2.45) is 13.0 Å². The molecule has 1 rings (SSSR count). The van der Waals surface area contributed by atoms with E-state index in [0.29, 0.717) is 17.4 Å². The maximum atomic E-state index is 11.9. The number of rotatable bonds is 4. The molecule has 1 amide bonds. The second kappa shape index (κ2) is 5.34. The summed E-state index contributed by atoms with van der Waals surface area (Å²) >= 11 is 5.80. The molecule has 1 unspecified atom stereocenters. The van der Waals surface area contributed by atoms with Crippen LogP contribution in [0.25, 0.3) is 0 Å². The van der Waals surface area contributed by atoms with Gasteiger partial charge in [0.2, 0.25) is 0 Å². The molecule has 0 aliphatic heterocycles. The second-order valence-corrected chi connectivity index (χ2v) is 4.59. The van der Waals surface area contributed by atoms with Crippen LogP contribution in [0.2, 0.25) is 0 Å². The number of nitrogens with zero attached hydrogens (tertiary/aromatic N) is 2. The van der Waals surface area contributed by atoms with Crippen LogP contribution in [0.5, 0.6) is 0 Å².